The molecule has 0 saturated heterocycles. The van der Waals surface area contributed by atoms with Crippen molar-refractivity contribution in [1.29, 1.82) is 0 Å². The maximum atomic E-state index is 12.3. The first-order valence-electron chi connectivity index (χ1n) is 10.4. The van der Waals surface area contributed by atoms with E-state index in [2.05, 4.69) is 13.8 Å². The van der Waals surface area contributed by atoms with Crippen LogP contribution in [-0.2, 0) is 9.53 Å². The van der Waals surface area contributed by atoms with E-state index in [0.717, 1.165) is 47.8 Å². The minimum absolute atomic E-state index is 0.135. The summed E-state index contributed by atoms with van der Waals surface area (Å²) in [5, 5.41) is 11.2. The zero-order valence-corrected chi connectivity index (χ0v) is 16.8. The lowest BCUT2D eigenvalue weighted by Crippen LogP contribution is -2.47. The second-order valence-corrected chi connectivity index (χ2v) is 11.1. The van der Waals surface area contributed by atoms with E-state index in [1.807, 2.05) is 27.7 Å². The van der Waals surface area contributed by atoms with Gasteiger partial charge in [-0.3, -0.25) is 4.79 Å². The average Bonchev–Trinajstić information content (AvgIpc) is 3.16. The second kappa shape index (κ2) is 5.47. The van der Waals surface area contributed by atoms with Crippen molar-refractivity contribution in [3.05, 3.63) is 0 Å². The first-order valence-corrected chi connectivity index (χ1v) is 10.4. The molecule has 4 fully saturated rings. The Balaban J connectivity index is 1.48. The molecule has 4 saturated carbocycles. The fourth-order valence-corrected chi connectivity index (χ4v) is 7.74. The molecule has 0 heterocycles. The number of fused-ring (bicyclic) bond motifs is 9. The maximum Gasteiger partial charge on any atom is 0.309 e. The quantitative estimate of drug-likeness (QED) is 0.612. The van der Waals surface area contributed by atoms with Crippen molar-refractivity contribution in [2.45, 2.75) is 78.4 Å². The summed E-state index contributed by atoms with van der Waals surface area (Å²) >= 11 is 0. The monoisotopic (exact) mass is 348 g/mol. The van der Waals surface area contributed by atoms with E-state index in [1.54, 1.807) is 0 Å². The summed E-state index contributed by atoms with van der Waals surface area (Å²) in [6.45, 7) is 12.5. The molecule has 0 aromatic rings. The van der Waals surface area contributed by atoms with Crippen molar-refractivity contribution in [3.63, 3.8) is 0 Å². The fourth-order valence-electron chi connectivity index (χ4n) is 7.74. The molecule has 0 spiro atoms. The molecule has 0 aromatic heterocycles. The Morgan fingerprint density at radius 1 is 0.960 bits per heavy atom. The van der Waals surface area contributed by atoms with Crippen molar-refractivity contribution in [2.24, 2.45) is 53.3 Å². The van der Waals surface area contributed by atoms with Crippen LogP contribution in [0.25, 0.3) is 0 Å². The summed E-state index contributed by atoms with van der Waals surface area (Å²) in [6.07, 6.45) is 3.96. The Morgan fingerprint density at radius 3 is 2.16 bits per heavy atom. The van der Waals surface area contributed by atoms with Gasteiger partial charge in [-0.15, -0.1) is 0 Å². The van der Waals surface area contributed by atoms with Crippen LogP contribution in [-0.4, -0.2) is 22.3 Å². The van der Waals surface area contributed by atoms with Gasteiger partial charge in [-0.1, -0.05) is 13.8 Å². The molecule has 1 N–H and O–H groups in total. The predicted molar refractivity (Wildman–Crippen MR) is 97.7 cm³/mol. The largest absolute Gasteiger partial charge is 0.460 e. The van der Waals surface area contributed by atoms with Crippen molar-refractivity contribution in [2.75, 3.05) is 0 Å². The Hall–Kier alpha value is -0.570. The summed E-state index contributed by atoms with van der Waals surface area (Å²) in [5.74, 6) is 6.65. The molecule has 142 valence electrons. The van der Waals surface area contributed by atoms with E-state index < -0.39 is 11.2 Å². The summed E-state index contributed by atoms with van der Waals surface area (Å²) in [6, 6.07) is 0. The Labute approximate surface area is 152 Å². The van der Waals surface area contributed by atoms with Crippen LogP contribution >= 0.6 is 0 Å². The van der Waals surface area contributed by atoms with E-state index in [0.29, 0.717) is 5.92 Å². The molecule has 4 aliphatic carbocycles. The van der Waals surface area contributed by atoms with Crippen LogP contribution in [0.4, 0.5) is 0 Å². The van der Waals surface area contributed by atoms with Crippen molar-refractivity contribution >= 4 is 5.97 Å². The lowest BCUT2D eigenvalue weighted by Gasteiger charge is -2.47. The van der Waals surface area contributed by atoms with Gasteiger partial charge in [0, 0.05) is 0 Å². The highest BCUT2D eigenvalue weighted by atomic mass is 16.6. The zero-order chi connectivity index (χ0) is 18.3. The third-order valence-electron chi connectivity index (χ3n) is 8.57. The SMILES string of the molecule is CC1C(C)C2CC1C1C3CC(C21)C(C(C)(O)CC(=O)OC(C)(C)C)C3. The molecule has 0 radical (unpaired) electrons. The van der Waals surface area contributed by atoms with Crippen LogP contribution in [0.3, 0.4) is 0 Å². The Morgan fingerprint density at radius 2 is 1.56 bits per heavy atom. The molecule has 3 heteroatoms. The van der Waals surface area contributed by atoms with Gasteiger partial charge in [0.25, 0.3) is 0 Å². The molecule has 10 unspecified atom stereocenters. The smallest absolute Gasteiger partial charge is 0.309 e. The summed E-state index contributed by atoms with van der Waals surface area (Å²) in [7, 11) is 0. The molecule has 4 aliphatic rings. The van der Waals surface area contributed by atoms with Gasteiger partial charge >= 0.3 is 5.97 Å². The van der Waals surface area contributed by atoms with E-state index in [4.69, 9.17) is 4.74 Å². The van der Waals surface area contributed by atoms with Gasteiger partial charge in [0.1, 0.15) is 5.60 Å². The normalized spacial score (nSPS) is 50.0. The van der Waals surface area contributed by atoms with Crippen LogP contribution < -0.4 is 0 Å². The Kier molecular flexibility index (Phi) is 3.90. The number of hydrogen-bond acceptors (Lipinski definition) is 3. The van der Waals surface area contributed by atoms with Crippen LogP contribution in [0.2, 0.25) is 0 Å². The number of carbonyl (C=O) groups excluding carboxylic acids is 1. The number of esters is 1. The Bertz CT molecular complexity index is 560. The van der Waals surface area contributed by atoms with Crippen LogP contribution in [0.15, 0.2) is 0 Å². The molecule has 0 aromatic carbocycles. The standard InChI is InChI=1S/C22H36O3/c1-11-12(2)15-9-14(11)19-13-7-16(20(15)19)17(8-13)22(6,24)10-18(23)25-21(3,4)5/h11-17,19-20,24H,7-10H2,1-6H3. The summed E-state index contributed by atoms with van der Waals surface area (Å²) < 4.78 is 5.48. The fraction of sp³-hybridized carbons (Fsp3) is 0.955. The minimum atomic E-state index is -0.927. The lowest BCUT2D eigenvalue weighted by atomic mass is 9.59. The van der Waals surface area contributed by atoms with Gasteiger partial charge in [-0.05, 0) is 100 Å². The molecule has 3 nitrogen and oxygen atoms in total. The number of aliphatic hydroxyl groups is 1. The van der Waals surface area contributed by atoms with Gasteiger partial charge in [-0.2, -0.15) is 0 Å². The average molecular weight is 349 g/mol. The molecule has 4 bridgehead atoms. The number of ether oxygens (including phenoxy) is 1. The molecule has 0 aliphatic heterocycles. The highest BCUT2D eigenvalue weighted by Gasteiger charge is 2.67. The van der Waals surface area contributed by atoms with Crippen LogP contribution in [0.5, 0.6) is 0 Å². The molecular weight excluding hydrogens is 312 g/mol. The van der Waals surface area contributed by atoms with Crippen LogP contribution in [0, 0.1) is 53.3 Å². The number of hydrogen-bond donors (Lipinski definition) is 1. The molecule has 4 rings (SSSR count). The molecule has 25 heavy (non-hydrogen) atoms. The lowest BCUT2D eigenvalue weighted by molar-refractivity contribution is -0.163. The summed E-state index contributed by atoms with van der Waals surface area (Å²) in [5.41, 5.74) is -1.41. The van der Waals surface area contributed by atoms with Crippen LogP contribution in [0.1, 0.15) is 67.2 Å². The van der Waals surface area contributed by atoms with E-state index in [9.17, 15) is 9.90 Å². The van der Waals surface area contributed by atoms with Gasteiger partial charge in [-0.25, -0.2) is 0 Å². The second-order valence-electron chi connectivity index (χ2n) is 11.1. The third kappa shape index (κ3) is 2.67. The maximum absolute atomic E-state index is 12.3. The summed E-state index contributed by atoms with van der Waals surface area (Å²) in [4.78, 5) is 12.3. The van der Waals surface area contributed by atoms with Gasteiger partial charge in [0.2, 0.25) is 0 Å². The van der Waals surface area contributed by atoms with E-state index in [1.165, 1.54) is 12.8 Å². The van der Waals surface area contributed by atoms with E-state index in [-0.39, 0.29) is 18.3 Å². The first-order chi connectivity index (χ1) is 11.5. The van der Waals surface area contributed by atoms with Gasteiger partial charge in [0.05, 0.1) is 12.0 Å². The van der Waals surface area contributed by atoms with Crippen molar-refractivity contribution < 1.29 is 14.6 Å². The van der Waals surface area contributed by atoms with Gasteiger partial charge < -0.3 is 9.84 Å². The van der Waals surface area contributed by atoms with E-state index >= 15 is 0 Å². The number of carbonyl (C=O) groups is 1. The predicted octanol–water partition coefficient (Wildman–Crippen LogP) is 4.28. The van der Waals surface area contributed by atoms with Crippen molar-refractivity contribution in [3.8, 4) is 0 Å². The first kappa shape index (κ1) is 17.8. The third-order valence-corrected chi connectivity index (χ3v) is 8.57. The van der Waals surface area contributed by atoms with Gasteiger partial charge in [0.15, 0.2) is 0 Å². The molecular formula is C22H36O3. The minimum Gasteiger partial charge on any atom is -0.460 e. The highest BCUT2D eigenvalue weighted by Crippen LogP contribution is 2.72. The number of rotatable bonds is 3. The highest BCUT2D eigenvalue weighted by molar-refractivity contribution is 5.71. The zero-order valence-electron chi connectivity index (χ0n) is 16.8. The topological polar surface area (TPSA) is 46.5 Å². The van der Waals surface area contributed by atoms with Crippen molar-refractivity contribution in [1.82, 2.24) is 0 Å². The molecule has 0 amide bonds. The molecule has 10 atom stereocenters.